The average Bonchev–Trinajstić information content (AvgIpc) is 2.92. The molecule has 1 aliphatic rings. The molecule has 39 heavy (non-hydrogen) atoms. The fourth-order valence-corrected chi connectivity index (χ4v) is 4.86. The zero-order valence-electron chi connectivity index (χ0n) is 22.7. The third kappa shape index (κ3) is 6.43. The van der Waals surface area contributed by atoms with Crippen molar-refractivity contribution in [2.45, 2.75) is 58.1 Å². The monoisotopic (exact) mass is 521 g/mol. The van der Waals surface area contributed by atoms with Crippen molar-refractivity contribution in [2.24, 2.45) is 0 Å². The number of carbonyl (C=O) groups excluding carboxylic acids is 1. The highest BCUT2D eigenvalue weighted by Gasteiger charge is 2.47. The summed E-state index contributed by atoms with van der Waals surface area (Å²) in [7, 11) is 0. The van der Waals surface area contributed by atoms with Crippen molar-refractivity contribution < 1.29 is 19.0 Å². The summed E-state index contributed by atoms with van der Waals surface area (Å²) >= 11 is 0. The van der Waals surface area contributed by atoms with Gasteiger partial charge >= 0.3 is 5.97 Å². The van der Waals surface area contributed by atoms with Crippen LogP contribution in [-0.4, -0.2) is 17.6 Å². The maximum absolute atomic E-state index is 13.4. The predicted octanol–water partition coefficient (Wildman–Crippen LogP) is 7.51. The van der Waals surface area contributed by atoms with Crippen molar-refractivity contribution in [1.82, 2.24) is 0 Å². The van der Waals surface area contributed by atoms with Crippen molar-refractivity contribution in [1.29, 1.82) is 0 Å². The first-order valence-corrected chi connectivity index (χ1v) is 13.4. The van der Waals surface area contributed by atoms with E-state index in [1.165, 1.54) is 0 Å². The fraction of sp³-hybridized carbons (Fsp3) is 0.265. The number of hydrogen-bond acceptors (Lipinski definition) is 5. The van der Waals surface area contributed by atoms with Crippen LogP contribution < -0.4 is 14.4 Å². The van der Waals surface area contributed by atoms with Crippen molar-refractivity contribution in [3.8, 4) is 11.5 Å². The van der Waals surface area contributed by atoms with Gasteiger partial charge in [-0.1, -0.05) is 91.0 Å². The van der Waals surface area contributed by atoms with Gasteiger partial charge in [0, 0.05) is 12.0 Å². The highest BCUT2D eigenvalue weighted by Crippen LogP contribution is 2.49. The molecule has 0 spiro atoms. The van der Waals surface area contributed by atoms with Crippen LogP contribution >= 0.6 is 0 Å². The van der Waals surface area contributed by atoms with Crippen LogP contribution in [0.4, 0.5) is 5.69 Å². The number of carbonyl (C=O) groups is 1. The number of hydrogen-bond donors (Lipinski definition) is 0. The lowest BCUT2D eigenvalue weighted by Crippen LogP contribution is -2.56. The highest BCUT2D eigenvalue weighted by molar-refractivity contribution is 5.84. The standard InChI is InChI=1S/C34H35NO4/c1-34(2,3)39-33(36)30-22-29(27-18-10-12-20-31(27)37-23-25-14-6-4-7-15-25)35(30)28-19-11-13-21-32(28)38-24-26-16-8-5-9-17-26/h4-21,29-30H,22-24H2,1-3H3. The number of anilines is 1. The predicted molar refractivity (Wildman–Crippen MR) is 154 cm³/mol. The zero-order chi connectivity index (χ0) is 27.2. The zero-order valence-corrected chi connectivity index (χ0v) is 22.7. The van der Waals surface area contributed by atoms with E-state index in [4.69, 9.17) is 14.2 Å². The van der Waals surface area contributed by atoms with Crippen molar-refractivity contribution in [3.05, 3.63) is 126 Å². The van der Waals surface area contributed by atoms with Crippen LogP contribution in [0.3, 0.4) is 0 Å². The molecule has 200 valence electrons. The van der Waals surface area contributed by atoms with Gasteiger partial charge in [-0.25, -0.2) is 4.79 Å². The second-order valence-electron chi connectivity index (χ2n) is 10.8. The van der Waals surface area contributed by atoms with Crippen LogP contribution in [0, 0.1) is 0 Å². The van der Waals surface area contributed by atoms with Crippen LogP contribution in [0.5, 0.6) is 11.5 Å². The van der Waals surface area contributed by atoms with E-state index in [1.54, 1.807) is 0 Å². The van der Waals surface area contributed by atoms with E-state index >= 15 is 0 Å². The van der Waals surface area contributed by atoms with E-state index in [-0.39, 0.29) is 12.0 Å². The fourth-order valence-electron chi connectivity index (χ4n) is 4.86. The third-order valence-corrected chi connectivity index (χ3v) is 6.69. The van der Waals surface area contributed by atoms with E-state index in [9.17, 15) is 4.79 Å². The molecule has 1 aliphatic heterocycles. The first-order valence-electron chi connectivity index (χ1n) is 13.4. The molecule has 0 aromatic heterocycles. The molecule has 0 saturated carbocycles. The number of rotatable bonds is 9. The molecule has 2 unspecified atom stereocenters. The van der Waals surface area contributed by atoms with Crippen LogP contribution in [-0.2, 0) is 22.7 Å². The van der Waals surface area contributed by atoms with Crippen LogP contribution in [0.2, 0.25) is 0 Å². The largest absolute Gasteiger partial charge is 0.489 e. The van der Waals surface area contributed by atoms with Gasteiger partial charge in [0.25, 0.3) is 0 Å². The number of esters is 1. The Morgan fingerprint density at radius 3 is 1.85 bits per heavy atom. The average molecular weight is 522 g/mol. The van der Waals surface area contributed by atoms with Gasteiger partial charge in [-0.05, 0) is 50.1 Å². The van der Waals surface area contributed by atoms with E-state index in [0.717, 1.165) is 33.9 Å². The van der Waals surface area contributed by atoms with Gasteiger partial charge < -0.3 is 19.1 Å². The highest BCUT2D eigenvalue weighted by atomic mass is 16.6. The molecule has 2 atom stereocenters. The maximum atomic E-state index is 13.4. The number of para-hydroxylation sites is 3. The van der Waals surface area contributed by atoms with Gasteiger partial charge in [0.05, 0.1) is 11.7 Å². The second kappa shape index (κ2) is 11.6. The number of benzene rings is 4. The number of ether oxygens (including phenoxy) is 3. The molecule has 4 aromatic carbocycles. The SMILES string of the molecule is CC(C)(C)OC(=O)C1CC(c2ccccc2OCc2ccccc2)N1c1ccccc1OCc1ccccc1. The first kappa shape index (κ1) is 26.4. The molecule has 5 heteroatoms. The molecule has 4 aromatic rings. The van der Waals surface area contributed by atoms with Crippen LogP contribution in [0.1, 0.15) is 49.9 Å². The summed E-state index contributed by atoms with van der Waals surface area (Å²) in [5.74, 6) is 1.29. The smallest absolute Gasteiger partial charge is 0.329 e. The van der Waals surface area contributed by atoms with E-state index in [1.807, 2.05) is 112 Å². The minimum atomic E-state index is -0.576. The van der Waals surface area contributed by atoms with Crippen LogP contribution in [0.15, 0.2) is 109 Å². The molecule has 0 N–H and O–H groups in total. The molecule has 1 heterocycles. The normalized spacial score (nSPS) is 16.7. The number of nitrogens with zero attached hydrogens (tertiary/aromatic N) is 1. The van der Waals surface area contributed by atoms with Crippen molar-refractivity contribution in [2.75, 3.05) is 4.90 Å². The topological polar surface area (TPSA) is 48.0 Å². The molecule has 1 saturated heterocycles. The van der Waals surface area contributed by atoms with Gasteiger partial charge in [-0.2, -0.15) is 0 Å². The third-order valence-electron chi connectivity index (χ3n) is 6.69. The Hall–Kier alpha value is -4.25. The van der Waals surface area contributed by atoms with Gasteiger partial charge in [0.1, 0.15) is 36.4 Å². The first-order chi connectivity index (χ1) is 18.9. The summed E-state index contributed by atoms with van der Waals surface area (Å²) in [5.41, 5.74) is 3.50. The lowest BCUT2D eigenvalue weighted by molar-refractivity contribution is -0.158. The summed E-state index contributed by atoms with van der Waals surface area (Å²) in [6.07, 6.45) is 0.619. The Bertz CT molecular complexity index is 1380. The summed E-state index contributed by atoms with van der Waals surface area (Å²) in [5, 5.41) is 0. The maximum Gasteiger partial charge on any atom is 0.329 e. The molecular weight excluding hydrogens is 486 g/mol. The summed E-state index contributed by atoms with van der Waals surface area (Å²) in [6, 6.07) is 35.7. The Balaban J connectivity index is 1.45. The Morgan fingerprint density at radius 2 is 1.23 bits per heavy atom. The lowest BCUT2D eigenvalue weighted by Gasteiger charge is -2.50. The lowest BCUT2D eigenvalue weighted by atomic mass is 9.85. The molecule has 0 aliphatic carbocycles. The molecule has 5 rings (SSSR count). The van der Waals surface area contributed by atoms with Crippen molar-refractivity contribution in [3.63, 3.8) is 0 Å². The van der Waals surface area contributed by atoms with E-state index in [2.05, 4.69) is 23.1 Å². The van der Waals surface area contributed by atoms with Crippen LogP contribution in [0.25, 0.3) is 0 Å². The minimum absolute atomic E-state index is 0.0732. The molecule has 0 bridgehead atoms. The molecule has 5 nitrogen and oxygen atoms in total. The summed E-state index contributed by atoms with van der Waals surface area (Å²) in [4.78, 5) is 15.5. The van der Waals surface area contributed by atoms with E-state index in [0.29, 0.717) is 19.6 Å². The molecular formula is C34H35NO4. The Labute approximate surface area is 231 Å². The van der Waals surface area contributed by atoms with Gasteiger partial charge in [0.15, 0.2) is 0 Å². The molecule has 0 amide bonds. The quantitative estimate of drug-likeness (QED) is 0.213. The van der Waals surface area contributed by atoms with Gasteiger partial charge in [-0.3, -0.25) is 0 Å². The second-order valence-corrected chi connectivity index (χ2v) is 10.8. The van der Waals surface area contributed by atoms with Gasteiger partial charge in [0.2, 0.25) is 0 Å². The summed E-state index contributed by atoms with van der Waals surface area (Å²) < 4.78 is 18.4. The minimum Gasteiger partial charge on any atom is -0.489 e. The summed E-state index contributed by atoms with van der Waals surface area (Å²) in [6.45, 7) is 6.60. The van der Waals surface area contributed by atoms with Gasteiger partial charge in [-0.15, -0.1) is 0 Å². The molecule has 0 radical (unpaired) electrons. The Kier molecular flexibility index (Phi) is 7.87. The molecule has 1 fully saturated rings. The Morgan fingerprint density at radius 1 is 0.718 bits per heavy atom. The van der Waals surface area contributed by atoms with Crippen molar-refractivity contribution >= 4 is 11.7 Å². The van der Waals surface area contributed by atoms with E-state index < -0.39 is 11.6 Å².